The number of piperazine rings is 1. The molecule has 0 aliphatic carbocycles. The highest BCUT2D eigenvalue weighted by atomic mass is 19.1. The highest BCUT2D eigenvalue weighted by Crippen LogP contribution is 2.19. The summed E-state index contributed by atoms with van der Waals surface area (Å²) in [7, 11) is 1.22. The van der Waals surface area contributed by atoms with Crippen molar-refractivity contribution in [1.82, 2.24) is 10.2 Å². The summed E-state index contributed by atoms with van der Waals surface area (Å²) in [5, 5.41) is 2.53. The Balaban J connectivity index is 2.27. The Hall–Kier alpha value is -2.44. The number of halogens is 1. The summed E-state index contributed by atoms with van der Waals surface area (Å²) in [4.78, 5) is 37.3. The smallest absolute Gasteiger partial charge is 0.308 e. The maximum atomic E-state index is 13.7. The van der Waals surface area contributed by atoms with Crippen molar-refractivity contribution < 1.29 is 23.5 Å². The van der Waals surface area contributed by atoms with Crippen LogP contribution in [0.25, 0.3) is 0 Å². The molecule has 23 heavy (non-hydrogen) atoms. The van der Waals surface area contributed by atoms with Crippen LogP contribution in [0.1, 0.15) is 24.5 Å². The number of carbonyl (C=O) groups excluding carboxylic acids is 3. The Morgan fingerprint density at radius 3 is 2.70 bits per heavy atom. The van der Waals surface area contributed by atoms with Crippen LogP contribution in [0.15, 0.2) is 18.2 Å². The summed E-state index contributed by atoms with van der Waals surface area (Å²) in [6.45, 7) is 3.26. The summed E-state index contributed by atoms with van der Waals surface area (Å²) in [5.41, 5.74) is 1.05. The lowest BCUT2D eigenvalue weighted by molar-refractivity contribution is -0.154. The van der Waals surface area contributed by atoms with Gasteiger partial charge in [-0.05, 0) is 31.0 Å². The van der Waals surface area contributed by atoms with Crippen molar-refractivity contribution >= 4 is 17.8 Å². The standard InChI is InChI=1S/C16H19FN2O4/c1-9-4-5-11(6-12(9)17)8-19-13(7-14(20)23-3)15(21)18-10(2)16(19)22/h4-6,10,13H,7-8H2,1-3H3,(H,18,21). The number of hydrogen-bond donors (Lipinski definition) is 1. The molecule has 6 nitrogen and oxygen atoms in total. The molecule has 0 radical (unpaired) electrons. The molecule has 0 spiro atoms. The molecule has 2 atom stereocenters. The van der Waals surface area contributed by atoms with Crippen molar-refractivity contribution in [1.29, 1.82) is 0 Å². The number of aryl methyl sites for hydroxylation is 1. The van der Waals surface area contributed by atoms with E-state index < -0.39 is 24.0 Å². The second kappa shape index (κ2) is 6.76. The zero-order chi connectivity index (χ0) is 17.1. The first kappa shape index (κ1) is 16.9. The third-order valence-corrected chi connectivity index (χ3v) is 3.87. The molecule has 1 N–H and O–H groups in total. The van der Waals surface area contributed by atoms with Gasteiger partial charge < -0.3 is 15.0 Å². The predicted octanol–water partition coefficient (Wildman–Crippen LogP) is 0.913. The maximum Gasteiger partial charge on any atom is 0.308 e. The van der Waals surface area contributed by atoms with Gasteiger partial charge in [0.15, 0.2) is 0 Å². The first-order valence-electron chi connectivity index (χ1n) is 7.26. The van der Waals surface area contributed by atoms with E-state index >= 15 is 0 Å². The predicted molar refractivity (Wildman–Crippen MR) is 79.7 cm³/mol. The molecule has 1 saturated heterocycles. The van der Waals surface area contributed by atoms with E-state index in [-0.39, 0.29) is 24.7 Å². The second-order valence-corrected chi connectivity index (χ2v) is 5.58. The molecule has 2 amide bonds. The van der Waals surface area contributed by atoms with E-state index in [1.165, 1.54) is 18.1 Å². The van der Waals surface area contributed by atoms with Gasteiger partial charge in [-0.15, -0.1) is 0 Å². The van der Waals surface area contributed by atoms with Crippen LogP contribution in [0.2, 0.25) is 0 Å². The Morgan fingerprint density at radius 1 is 1.39 bits per heavy atom. The fourth-order valence-electron chi connectivity index (χ4n) is 2.48. The number of nitrogens with one attached hydrogen (secondary N) is 1. The van der Waals surface area contributed by atoms with Crippen molar-refractivity contribution in [3.63, 3.8) is 0 Å². The number of rotatable bonds is 4. The van der Waals surface area contributed by atoms with Crippen LogP contribution in [-0.2, 0) is 25.7 Å². The molecular formula is C16H19FN2O4. The molecule has 7 heteroatoms. The monoisotopic (exact) mass is 322 g/mol. The van der Waals surface area contributed by atoms with Crippen LogP contribution in [0.5, 0.6) is 0 Å². The number of methoxy groups -OCH3 is 1. The lowest BCUT2D eigenvalue weighted by Gasteiger charge is -2.37. The van der Waals surface area contributed by atoms with Crippen molar-refractivity contribution in [3.8, 4) is 0 Å². The quantitative estimate of drug-likeness (QED) is 0.836. The number of nitrogens with zero attached hydrogens (tertiary/aromatic N) is 1. The van der Waals surface area contributed by atoms with Crippen LogP contribution >= 0.6 is 0 Å². The second-order valence-electron chi connectivity index (χ2n) is 5.58. The van der Waals surface area contributed by atoms with E-state index in [2.05, 4.69) is 10.1 Å². The van der Waals surface area contributed by atoms with Crippen LogP contribution in [0.4, 0.5) is 4.39 Å². The van der Waals surface area contributed by atoms with Crippen molar-refractivity contribution in [2.75, 3.05) is 7.11 Å². The minimum atomic E-state index is -0.962. The van der Waals surface area contributed by atoms with Gasteiger partial charge in [-0.25, -0.2) is 4.39 Å². The Bertz CT molecular complexity index is 647. The van der Waals surface area contributed by atoms with Crippen LogP contribution in [0.3, 0.4) is 0 Å². The van der Waals surface area contributed by atoms with Gasteiger partial charge >= 0.3 is 5.97 Å². The molecule has 1 aliphatic heterocycles. The molecule has 1 aromatic rings. The first-order chi connectivity index (χ1) is 10.8. The Morgan fingerprint density at radius 2 is 2.09 bits per heavy atom. The molecule has 1 aromatic carbocycles. The summed E-state index contributed by atoms with van der Waals surface area (Å²) in [6, 6.07) is 2.98. The average molecular weight is 322 g/mol. The summed E-state index contributed by atoms with van der Waals surface area (Å²) >= 11 is 0. The van der Waals surface area contributed by atoms with Gasteiger partial charge in [0, 0.05) is 6.54 Å². The summed E-state index contributed by atoms with van der Waals surface area (Å²) < 4.78 is 18.3. The van der Waals surface area contributed by atoms with Crippen LogP contribution < -0.4 is 5.32 Å². The van der Waals surface area contributed by atoms with E-state index in [0.29, 0.717) is 11.1 Å². The van der Waals surface area contributed by atoms with Gasteiger partial charge in [-0.1, -0.05) is 12.1 Å². The maximum absolute atomic E-state index is 13.7. The van der Waals surface area contributed by atoms with Crippen LogP contribution in [0, 0.1) is 12.7 Å². The Kier molecular flexibility index (Phi) is 4.98. The Labute approximate surface area is 133 Å². The molecule has 1 fully saturated rings. The molecule has 1 heterocycles. The largest absolute Gasteiger partial charge is 0.469 e. The number of esters is 1. The van der Waals surface area contributed by atoms with Gasteiger partial charge in [0.1, 0.15) is 17.9 Å². The minimum Gasteiger partial charge on any atom is -0.469 e. The van der Waals surface area contributed by atoms with Crippen molar-refractivity contribution in [3.05, 3.63) is 35.1 Å². The highest BCUT2D eigenvalue weighted by molar-refractivity contribution is 5.98. The number of carbonyl (C=O) groups is 3. The lowest BCUT2D eigenvalue weighted by atomic mass is 10.0. The number of hydrogen-bond acceptors (Lipinski definition) is 4. The number of benzene rings is 1. The summed E-state index contributed by atoms with van der Waals surface area (Å²) in [5.74, 6) is -1.71. The zero-order valence-corrected chi connectivity index (χ0v) is 13.3. The number of amides is 2. The van der Waals surface area contributed by atoms with E-state index in [4.69, 9.17) is 0 Å². The fourth-order valence-corrected chi connectivity index (χ4v) is 2.48. The molecule has 2 unspecified atom stereocenters. The van der Waals surface area contributed by atoms with Gasteiger partial charge in [0.05, 0.1) is 13.5 Å². The first-order valence-corrected chi connectivity index (χ1v) is 7.26. The van der Waals surface area contributed by atoms with Crippen molar-refractivity contribution in [2.45, 2.75) is 38.9 Å². The molecule has 2 rings (SSSR count). The SMILES string of the molecule is COC(=O)CC1C(=O)NC(C)C(=O)N1Cc1ccc(C)c(F)c1. The normalized spacial score (nSPS) is 21.1. The van der Waals surface area contributed by atoms with E-state index in [9.17, 15) is 18.8 Å². The van der Waals surface area contributed by atoms with Crippen molar-refractivity contribution in [2.24, 2.45) is 0 Å². The van der Waals surface area contributed by atoms with Crippen LogP contribution in [-0.4, -0.2) is 41.9 Å². The topological polar surface area (TPSA) is 75.7 Å². The molecule has 1 aliphatic rings. The molecular weight excluding hydrogens is 303 g/mol. The number of ether oxygens (including phenoxy) is 1. The van der Waals surface area contributed by atoms with E-state index in [1.54, 1.807) is 26.0 Å². The van der Waals surface area contributed by atoms with Gasteiger partial charge in [-0.3, -0.25) is 14.4 Å². The summed E-state index contributed by atoms with van der Waals surface area (Å²) in [6.07, 6.45) is -0.241. The van der Waals surface area contributed by atoms with Gasteiger partial charge in [0.25, 0.3) is 0 Å². The fraction of sp³-hybridized carbons (Fsp3) is 0.438. The van der Waals surface area contributed by atoms with Gasteiger partial charge in [-0.2, -0.15) is 0 Å². The molecule has 0 bridgehead atoms. The molecule has 0 aromatic heterocycles. The van der Waals surface area contributed by atoms with E-state index in [0.717, 1.165) is 0 Å². The average Bonchev–Trinajstić information content (AvgIpc) is 2.51. The van der Waals surface area contributed by atoms with Gasteiger partial charge in [0.2, 0.25) is 11.8 Å². The lowest BCUT2D eigenvalue weighted by Crippen LogP contribution is -2.62. The third kappa shape index (κ3) is 3.67. The highest BCUT2D eigenvalue weighted by Gasteiger charge is 2.39. The van der Waals surface area contributed by atoms with E-state index in [1.807, 2.05) is 0 Å². The minimum absolute atomic E-state index is 0.0510. The molecule has 0 saturated carbocycles. The third-order valence-electron chi connectivity index (χ3n) is 3.87. The molecule has 124 valence electrons. The zero-order valence-electron chi connectivity index (χ0n) is 13.3.